The predicted molar refractivity (Wildman–Crippen MR) is 111 cm³/mol. The van der Waals surface area contributed by atoms with Crippen molar-refractivity contribution in [1.29, 1.82) is 0 Å². The molecule has 11 nitrogen and oxygen atoms in total. The molecule has 0 bridgehead atoms. The zero-order valence-electron chi connectivity index (χ0n) is 15.9. The average Bonchev–Trinajstić information content (AvgIpc) is 3.41. The van der Waals surface area contributed by atoms with Crippen molar-refractivity contribution in [3.8, 4) is 0 Å². The summed E-state index contributed by atoms with van der Waals surface area (Å²) in [5, 5.41) is 31.0. The minimum atomic E-state index is -1.77. The van der Waals surface area contributed by atoms with Gasteiger partial charge < -0.3 is 14.8 Å². The van der Waals surface area contributed by atoms with E-state index in [2.05, 4.69) is 20.3 Å². The largest absolute Gasteiger partial charge is 0.480 e. The van der Waals surface area contributed by atoms with Crippen LogP contribution in [-0.2, 0) is 23.2 Å². The highest BCUT2D eigenvalue weighted by atomic mass is 32.1. The van der Waals surface area contributed by atoms with Gasteiger partial charge in [0.15, 0.2) is 5.65 Å². The van der Waals surface area contributed by atoms with Crippen molar-refractivity contribution in [1.82, 2.24) is 29.5 Å². The number of carboxylic acid groups (broad SMARTS) is 2. The van der Waals surface area contributed by atoms with Crippen LogP contribution in [0.5, 0.6) is 0 Å². The molecule has 0 saturated carbocycles. The Morgan fingerprint density at radius 2 is 1.97 bits per heavy atom. The van der Waals surface area contributed by atoms with Crippen molar-refractivity contribution in [2.45, 2.75) is 12.5 Å². The Kier molecular flexibility index (Phi) is 4.12. The predicted octanol–water partition coefficient (Wildman–Crippen LogP) is 1.52. The number of nitrogens with one attached hydrogen (secondary N) is 1. The maximum atomic E-state index is 13.2. The minimum absolute atomic E-state index is 0.0571. The molecule has 1 aromatic carbocycles. The molecule has 0 radical (unpaired) electrons. The second-order valence-corrected chi connectivity index (χ2v) is 8.02. The van der Waals surface area contributed by atoms with Gasteiger partial charge in [-0.3, -0.25) is 19.5 Å². The van der Waals surface area contributed by atoms with Crippen LogP contribution in [-0.4, -0.2) is 51.7 Å². The molecule has 5 rings (SSSR count). The third-order valence-electron chi connectivity index (χ3n) is 5.18. The van der Waals surface area contributed by atoms with E-state index in [-0.39, 0.29) is 17.1 Å². The molecular weight excluding hydrogens is 424 g/mol. The zero-order chi connectivity index (χ0) is 21.9. The number of H-pyrrole nitrogens is 1. The second-order valence-electron chi connectivity index (χ2n) is 6.99. The lowest BCUT2D eigenvalue weighted by Gasteiger charge is -2.07. The monoisotopic (exact) mass is 438 g/mol. The summed E-state index contributed by atoms with van der Waals surface area (Å²) in [5.41, 5.74) is 2.10. The molecule has 0 aliphatic carbocycles. The van der Waals surface area contributed by atoms with Crippen LogP contribution in [0.3, 0.4) is 0 Å². The number of aromatic amines is 1. The smallest absolute Gasteiger partial charge is 0.325 e. The molecule has 0 fully saturated rings. The van der Waals surface area contributed by atoms with Gasteiger partial charge in [-0.2, -0.15) is 10.2 Å². The first kappa shape index (κ1) is 18.9. The van der Waals surface area contributed by atoms with Gasteiger partial charge in [0.25, 0.3) is 5.56 Å². The minimum Gasteiger partial charge on any atom is -0.480 e. The summed E-state index contributed by atoms with van der Waals surface area (Å²) in [6.07, 6.45) is 3.21. The first-order valence-corrected chi connectivity index (χ1v) is 9.90. The van der Waals surface area contributed by atoms with Crippen molar-refractivity contribution in [2.24, 2.45) is 7.05 Å². The molecule has 31 heavy (non-hydrogen) atoms. The number of hydrogen-bond acceptors (Lipinski definition) is 7. The summed E-state index contributed by atoms with van der Waals surface area (Å²) in [4.78, 5) is 40.1. The molecule has 3 N–H and O–H groups in total. The lowest BCUT2D eigenvalue weighted by Crippen LogP contribution is -2.24. The van der Waals surface area contributed by atoms with Gasteiger partial charge in [-0.1, -0.05) is 12.1 Å². The van der Waals surface area contributed by atoms with Crippen molar-refractivity contribution in [2.75, 3.05) is 0 Å². The number of rotatable bonds is 5. The van der Waals surface area contributed by atoms with Gasteiger partial charge in [-0.25, -0.2) is 9.67 Å². The van der Waals surface area contributed by atoms with E-state index in [4.69, 9.17) is 0 Å². The van der Waals surface area contributed by atoms with Crippen LogP contribution in [0.25, 0.3) is 32.2 Å². The third kappa shape index (κ3) is 2.79. The lowest BCUT2D eigenvalue weighted by atomic mass is 10.1. The Morgan fingerprint density at radius 1 is 1.19 bits per heavy atom. The maximum absolute atomic E-state index is 13.2. The van der Waals surface area contributed by atoms with Gasteiger partial charge in [-0.05, 0) is 11.6 Å². The number of carbonyl (C=O) groups is 2. The van der Waals surface area contributed by atoms with Crippen LogP contribution in [0.1, 0.15) is 16.5 Å². The summed E-state index contributed by atoms with van der Waals surface area (Å²) in [5.74, 6) is -4.76. The molecule has 0 amide bonds. The van der Waals surface area contributed by atoms with Crippen molar-refractivity contribution in [3.05, 3.63) is 51.5 Å². The molecule has 0 unspecified atom stereocenters. The van der Waals surface area contributed by atoms with E-state index in [9.17, 15) is 24.6 Å². The van der Waals surface area contributed by atoms with Crippen molar-refractivity contribution < 1.29 is 19.8 Å². The molecule has 4 heterocycles. The van der Waals surface area contributed by atoms with E-state index in [1.54, 1.807) is 17.8 Å². The normalized spacial score (nSPS) is 11.8. The highest BCUT2D eigenvalue weighted by Gasteiger charge is 2.32. The highest BCUT2D eigenvalue weighted by molar-refractivity contribution is 7.19. The van der Waals surface area contributed by atoms with E-state index >= 15 is 0 Å². The first-order chi connectivity index (χ1) is 14.9. The van der Waals surface area contributed by atoms with Gasteiger partial charge >= 0.3 is 11.9 Å². The van der Waals surface area contributed by atoms with Crippen molar-refractivity contribution in [3.63, 3.8) is 0 Å². The van der Waals surface area contributed by atoms with Gasteiger partial charge in [0.2, 0.25) is 5.92 Å². The fourth-order valence-corrected chi connectivity index (χ4v) is 4.88. The quantitative estimate of drug-likeness (QED) is 0.349. The number of hydrogen-bond donors (Lipinski definition) is 3. The molecule has 0 atom stereocenters. The van der Waals surface area contributed by atoms with E-state index in [0.717, 1.165) is 27.8 Å². The topological polar surface area (TPSA) is 156 Å². The molecule has 0 aliphatic heterocycles. The Morgan fingerprint density at radius 3 is 2.71 bits per heavy atom. The number of aryl methyl sites for hydroxylation is 1. The van der Waals surface area contributed by atoms with E-state index in [0.29, 0.717) is 21.3 Å². The molecule has 4 aromatic heterocycles. The van der Waals surface area contributed by atoms with Gasteiger partial charge in [0.05, 0.1) is 29.2 Å². The number of aromatic nitrogens is 6. The standard InChI is InChI=1S/C19H14N6O5S/c1-24-13-10(14-15(24)22-16(31-14)12(18(27)28)19(29)30)6-21-25(17(13)26)7-8-3-2-4-11-9(8)5-20-23-11/h2-6,12H,7H2,1H3,(H,20,23)(H,27,28)(H,29,30). The van der Waals surface area contributed by atoms with Crippen LogP contribution in [0.15, 0.2) is 35.4 Å². The van der Waals surface area contributed by atoms with Gasteiger partial charge in [0.1, 0.15) is 10.5 Å². The van der Waals surface area contributed by atoms with Crippen LogP contribution in [0.4, 0.5) is 0 Å². The summed E-state index contributed by atoms with van der Waals surface area (Å²) in [6.45, 7) is 0.239. The molecule has 5 aromatic rings. The Balaban J connectivity index is 1.65. The third-order valence-corrected chi connectivity index (χ3v) is 6.32. The molecular formula is C19H14N6O5S. The molecule has 12 heteroatoms. The number of aliphatic carboxylic acids is 2. The first-order valence-electron chi connectivity index (χ1n) is 9.08. The molecule has 0 saturated heterocycles. The summed E-state index contributed by atoms with van der Waals surface area (Å²) in [6, 6.07) is 5.65. The Labute approximate surface area is 176 Å². The molecule has 156 valence electrons. The second kappa shape index (κ2) is 6.74. The number of carboxylic acids is 2. The maximum Gasteiger partial charge on any atom is 0.325 e. The summed E-state index contributed by atoms with van der Waals surface area (Å²) < 4.78 is 3.41. The Bertz CT molecular complexity index is 1560. The number of benzene rings is 1. The van der Waals surface area contributed by atoms with E-state index < -0.39 is 17.9 Å². The van der Waals surface area contributed by atoms with Crippen LogP contribution >= 0.6 is 11.3 Å². The van der Waals surface area contributed by atoms with E-state index in [1.807, 2.05) is 18.2 Å². The molecule has 0 aliphatic rings. The number of thiazole rings is 1. The van der Waals surface area contributed by atoms with Gasteiger partial charge in [0, 0.05) is 17.8 Å². The van der Waals surface area contributed by atoms with E-state index in [1.165, 1.54) is 10.9 Å². The lowest BCUT2D eigenvalue weighted by molar-refractivity contribution is -0.150. The number of fused-ring (bicyclic) bond motifs is 4. The number of nitrogens with zero attached hydrogens (tertiary/aromatic N) is 5. The van der Waals surface area contributed by atoms with Crippen molar-refractivity contribution >= 4 is 55.4 Å². The van der Waals surface area contributed by atoms with Crippen LogP contribution < -0.4 is 5.56 Å². The van der Waals surface area contributed by atoms with Gasteiger partial charge in [-0.15, -0.1) is 11.3 Å². The van der Waals surface area contributed by atoms with Crippen LogP contribution in [0.2, 0.25) is 0 Å². The fourth-order valence-electron chi connectivity index (χ4n) is 3.69. The average molecular weight is 438 g/mol. The zero-order valence-corrected chi connectivity index (χ0v) is 16.8. The summed E-state index contributed by atoms with van der Waals surface area (Å²) in [7, 11) is 1.63. The molecule has 0 spiro atoms. The highest BCUT2D eigenvalue weighted by Crippen LogP contribution is 2.34. The van der Waals surface area contributed by atoms with Crippen LogP contribution in [0, 0.1) is 0 Å². The Hall–Kier alpha value is -4.06. The fraction of sp³-hybridized carbons (Fsp3) is 0.158. The SMILES string of the molecule is Cn1c2nc(C(C(=O)O)C(=O)O)sc2c2cnn(Cc3cccc4[nH]ncc34)c(=O)c21. The summed E-state index contributed by atoms with van der Waals surface area (Å²) >= 11 is 0.940.